The van der Waals surface area contributed by atoms with Crippen LogP contribution < -0.4 is 20.7 Å². The van der Waals surface area contributed by atoms with E-state index in [0.717, 1.165) is 0 Å². The molecule has 1 heterocycles. The Balaban J connectivity index is 2.27. The molecule has 1 fully saturated rings. The van der Waals surface area contributed by atoms with Crippen LogP contribution >= 0.6 is 0 Å². The normalized spacial score (nSPS) is 15.7. The summed E-state index contributed by atoms with van der Waals surface area (Å²) in [6.45, 7) is 0.0737. The Morgan fingerprint density at radius 2 is 2.00 bits per heavy atom. The molecular formula is C20H28F4N4O4. The smallest absolute Gasteiger partial charge is 0.387 e. The molecule has 0 unspecified atom stereocenters. The fourth-order valence-corrected chi connectivity index (χ4v) is 3.38. The monoisotopic (exact) mass is 464 g/mol. The first-order valence-electron chi connectivity index (χ1n) is 10.1. The van der Waals surface area contributed by atoms with Gasteiger partial charge in [-0.05, 0) is 18.1 Å². The number of nitrogens with zero attached hydrogens (tertiary/aromatic N) is 2. The van der Waals surface area contributed by atoms with Crippen LogP contribution in [0.5, 0.6) is 5.75 Å². The fourth-order valence-electron chi connectivity index (χ4n) is 3.38. The lowest BCUT2D eigenvalue weighted by atomic mass is 10.1. The van der Waals surface area contributed by atoms with Crippen LogP contribution in [-0.2, 0) is 14.3 Å². The van der Waals surface area contributed by atoms with Crippen LogP contribution in [0.2, 0.25) is 0 Å². The van der Waals surface area contributed by atoms with Crippen LogP contribution in [0.15, 0.2) is 18.2 Å². The van der Waals surface area contributed by atoms with Crippen molar-refractivity contribution in [3.05, 3.63) is 18.2 Å². The Labute approximate surface area is 183 Å². The molecule has 0 aliphatic carbocycles. The number of anilines is 2. The van der Waals surface area contributed by atoms with Crippen LogP contribution in [0, 0.1) is 5.92 Å². The molecular weight excluding hydrogens is 436 g/mol. The maximum absolute atomic E-state index is 13.0. The molecule has 0 spiro atoms. The Bertz CT molecular complexity index is 772. The first kappa shape index (κ1) is 25.8. The third-order valence-electron chi connectivity index (χ3n) is 4.68. The van der Waals surface area contributed by atoms with E-state index in [-0.39, 0.29) is 56.1 Å². The van der Waals surface area contributed by atoms with Crippen molar-refractivity contribution in [3.63, 3.8) is 0 Å². The van der Waals surface area contributed by atoms with Crippen LogP contribution in [0.4, 0.5) is 28.9 Å². The van der Waals surface area contributed by atoms with Crippen LogP contribution in [0.25, 0.3) is 0 Å². The summed E-state index contributed by atoms with van der Waals surface area (Å²) in [7, 11) is 0. The van der Waals surface area contributed by atoms with Crippen molar-refractivity contribution in [2.24, 2.45) is 11.7 Å². The standard InChI is InChI=1S/C20H28F4N4O4/c1-12(2)9-27(10-17(21)22)15(8-25)19(30)26-14-4-3-13(7-16(14)32-20(23)24)28-5-6-31-11-18(28)29/h3-4,7,12,15,17,20H,5-6,8-11,25H2,1-2H3,(H,26,30)/t15-/m0/s1. The second-order valence-corrected chi connectivity index (χ2v) is 7.64. The molecule has 12 heteroatoms. The zero-order chi connectivity index (χ0) is 23.8. The summed E-state index contributed by atoms with van der Waals surface area (Å²) in [4.78, 5) is 27.5. The first-order chi connectivity index (χ1) is 15.1. The summed E-state index contributed by atoms with van der Waals surface area (Å²) in [5, 5.41) is 2.44. The van der Waals surface area contributed by atoms with Crippen LogP contribution in [0.3, 0.4) is 0 Å². The molecule has 1 aliphatic heterocycles. The lowest BCUT2D eigenvalue weighted by Crippen LogP contribution is -2.51. The number of hydrogen-bond donors (Lipinski definition) is 2. The number of hydrogen-bond acceptors (Lipinski definition) is 6. The van der Waals surface area contributed by atoms with E-state index in [1.165, 1.54) is 28.0 Å². The number of alkyl halides is 4. The van der Waals surface area contributed by atoms with E-state index < -0.39 is 31.5 Å². The molecule has 0 aromatic heterocycles. The molecule has 1 aromatic carbocycles. The van der Waals surface area contributed by atoms with Gasteiger partial charge in [0.05, 0.1) is 18.8 Å². The first-order valence-corrected chi connectivity index (χ1v) is 10.1. The van der Waals surface area contributed by atoms with Gasteiger partial charge in [-0.15, -0.1) is 0 Å². The highest BCUT2D eigenvalue weighted by Crippen LogP contribution is 2.32. The molecule has 2 amide bonds. The summed E-state index contributed by atoms with van der Waals surface area (Å²) >= 11 is 0. The van der Waals surface area contributed by atoms with E-state index in [4.69, 9.17) is 10.5 Å². The summed E-state index contributed by atoms with van der Waals surface area (Å²) in [6, 6.07) is 2.86. The number of benzene rings is 1. The van der Waals surface area contributed by atoms with E-state index in [1.54, 1.807) is 0 Å². The van der Waals surface area contributed by atoms with Gasteiger partial charge in [0.15, 0.2) is 5.75 Å². The van der Waals surface area contributed by atoms with Gasteiger partial charge in [-0.3, -0.25) is 14.5 Å². The fraction of sp³-hybridized carbons (Fsp3) is 0.600. The second-order valence-electron chi connectivity index (χ2n) is 7.64. The van der Waals surface area contributed by atoms with Crippen molar-refractivity contribution in [1.29, 1.82) is 0 Å². The molecule has 0 bridgehead atoms. The van der Waals surface area contributed by atoms with Gasteiger partial charge in [-0.1, -0.05) is 13.8 Å². The van der Waals surface area contributed by atoms with E-state index in [9.17, 15) is 27.2 Å². The minimum Gasteiger partial charge on any atom is -0.433 e. The lowest BCUT2D eigenvalue weighted by Gasteiger charge is -2.31. The highest BCUT2D eigenvalue weighted by Gasteiger charge is 2.29. The molecule has 3 N–H and O–H groups in total. The molecule has 1 aliphatic rings. The Hall–Kier alpha value is -2.44. The van der Waals surface area contributed by atoms with Crippen molar-refractivity contribution >= 4 is 23.2 Å². The average Bonchev–Trinajstić information content (AvgIpc) is 2.69. The molecule has 1 atom stereocenters. The van der Waals surface area contributed by atoms with E-state index >= 15 is 0 Å². The van der Waals surface area contributed by atoms with E-state index in [0.29, 0.717) is 5.69 Å². The predicted molar refractivity (Wildman–Crippen MR) is 110 cm³/mol. The second kappa shape index (κ2) is 12.0. The molecule has 32 heavy (non-hydrogen) atoms. The third-order valence-corrected chi connectivity index (χ3v) is 4.68. The number of ether oxygens (including phenoxy) is 2. The summed E-state index contributed by atoms with van der Waals surface area (Å²) in [5.41, 5.74) is 5.88. The minimum atomic E-state index is -3.19. The predicted octanol–water partition coefficient (Wildman–Crippen LogP) is 2.14. The van der Waals surface area contributed by atoms with Crippen molar-refractivity contribution in [2.45, 2.75) is 32.9 Å². The van der Waals surface area contributed by atoms with Gasteiger partial charge in [-0.25, -0.2) is 8.78 Å². The summed E-state index contributed by atoms with van der Waals surface area (Å²) in [5.74, 6) is -1.47. The number of nitrogens with two attached hydrogens (primary N) is 1. The SMILES string of the molecule is CC(C)CN(CC(F)F)[C@@H](CN)C(=O)Nc1ccc(N2CCOCC2=O)cc1OC(F)F. The van der Waals surface area contributed by atoms with Gasteiger partial charge in [-0.2, -0.15) is 8.78 Å². The Morgan fingerprint density at radius 1 is 1.28 bits per heavy atom. The zero-order valence-corrected chi connectivity index (χ0v) is 17.9. The van der Waals surface area contributed by atoms with Crippen LogP contribution in [0.1, 0.15) is 13.8 Å². The highest BCUT2D eigenvalue weighted by atomic mass is 19.3. The quantitative estimate of drug-likeness (QED) is 0.487. The van der Waals surface area contributed by atoms with E-state index in [2.05, 4.69) is 10.1 Å². The largest absolute Gasteiger partial charge is 0.433 e. The zero-order valence-electron chi connectivity index (χ0n) is 17.9. The number of carbonyl (C=O) groups is 2. The lowest BCUT2D eigenvalue weighted by molar-refractivity contribution is -0.125. The van der Waals surface area contributed by atoms with E-state index in [1.807, 2.05) is 13.8 Å². The van der Waals surface area contributed by atoms with Gasteiger partial charge in [0.25, 0.3) is 12.3 Å². The van der Waals surface area contributed by atoms with Gasteiger partial charge in [0.2, 0.25) is 5.91 Å². The molecule has 0 radical (unpaired) electrons. The number of nitrogens with one attached hydrogen (secondary N) is 1. The minimum absolute atomic E-state index is 0.0151. The molecule has 0 saturated carbocycles. The Morgan fingerprint density at radius 3 is 2.56 bits per heavy atom. The molecule has 1 aromatic rings. The molecule has 2 rings (SSSR count). The number of halogens is 4. The third kappa shape index (κ3) is 7.31. The van der Waals surface area contributed by atoms with Crippen LogP contribution in [-0.4, -0.2) is 75.2 Å². The van der Waals surface area contributed by atoms with Gasteiger partial charge >= 0.3 is 6.61 Å². The van der Waals surface area contributed by atoms with Gasteiger partial charge < -0.3 is 25.4 Å². The summed E-state index contributed by atoms with van der Waals surface area (Å²) in [6.07, 6.45) is -2.68. The van der Waals surface area contributed by atoms with Crippen molar-refractivity contribution < 1.29 is 36.6 Å². The van der Waals surface area contributed by atoms with Gasteiger partial charge in [0.1, 0.15) is 12.6 Å². The van der Waals surface area contributed by atoms with Gasteiger partial charge in [0, 0.05) is 31.4 Å². The van der Waals surface area contributed by atoms with Crippen molar-refractivity contribution in [1.82, 2.24) is 4.90 Å². The highest BCUT2D eigenvalue weighted by molar-refractivity contribution is 5.98. The number of rotatable bonds is 11. The topological polar surface area (TPSA) is 97.1 Å². The number of carbonyl (C=O) groups excluding carboxylic acids is 2. The van der Waals surface area contributed by atoms with Crippen molar-refractivity contribution in [2.75, 3.05) is 49.6 Å². The molecule has 180 valence electrons. The average molecular weight is 464 g/mol. The maximum Gasteiger partial charge on any atom is 0.387 e. The Kier molecular flexibility index (Phi) is 9.66. The van der Waals surface area contributed by atoms with Crippen molar-refractivity contribution in [3.8, 4) is 5.75 Å². The number of amides is 2. The number of morpholine rings is 1. The molecule has 1 saturated heterocycles. The summed E-state index contributed by atoms with van der Waals surface area (Å²) < 4.78 is 61.6. The maximum atomic E-state index is 13.0. The molecule has 8 nitrogen and oxygen atoms in total.